The number of fused-ring (bicyclic) bond motifs is 1. The summed E-state index contributed by atoms with van der Waals surface area (Å²) >= 11 is 0. The van der Waals surface area contributed by atoms with Crippen LogP contribution >= 0.6 is 0 Å². The van der Waals surface area contributed by atoms with E-state index in [1.54, 1.807) is 0 Å². The van der Waals surface area contributed by atoms with Gasteiger partial charge < -0.3 is 4.57 Å². The van der Waals surface area contributed by atoms with E-state index in [0.717, 1.165) is 36.6 Å². The Morgan fingerprint density at radius 2 is 1.96 bits per heavy atom. The standard InChI is InChI=1S/C20H23N5/c1-24(17-12-6-10-15-11-7-13-21-19(15)17)14-18-22-23-20(25(18)2)16-8-4-3-5-9-16/h3-5,7-9,11,13,17H,6,10,12,14H2,1-2H3. The third-order valence-electron chi connectivity index (χ3n) is 5.09. The molecule has 1 unspecified atom stereocenters. The minimum absolute atomic E-state index is 0.349. The van der Waals surface area contributed by atoms with Gasteiger partial charge in [0.2, 0.25) is 0 Å². The second kappa shape index (κ2) is 6.76. The molecule has 0 saturated carbocycles. The SMILES string of the molecule is CN(Cc1nnc(-c2ccccc2)n1C)C1CCCc2cccnc21. The first-order chi connectivity index (χ1) is 12.2. The number of nitrogens with zero attached hydrogens (tertiary/aromatic N) is 5. The monoisotopic (exact) mass is 333 g/mol. The van der Waals surface area contributed by atoms with E-state index in [-0.39, 0.29) is 0 Å². The van der Waals surface area contributed by atoms with Crippen LogP contribution in [-0.2, 0) is 20.0 Å². The van der Waals surface area contributed by atoms with Crippen LogP contribution in [0.15, 0.2) is 48.7 Å². The highest BCUT2D eigenvalue weighted by molar-refractivity contribution is 5.54. The van der Waals surface area contributed by atoms with Gasteiger partial charge in [-0.3, -0.25) is 9.88 Å². The van der Waals surface area contributed by atoms with E-state index in [9.17, 15) is 0 Å². The van der Waals surface area contributed by atoms with Gasteiger partial charge in [0.15, 0.2) is 5.82 Å². The van der Waals surface area contributed by atoms with Gasteiger partial charge in [-0.15, -0.1) is 10.2 Å². The summed E-state index contributed by atoms with van der Waals surface area (Å²) in [4.78, 5) is 7.01. The van der Waals surface area contributed by atoms with Crippen molar-refractivity contribution in [1.82, 2.24) is 24.6 Å². The van der Waals surface area contributed by atoms with E-state index in [1.807, 2.05) is 37.5 Å². The minimum atomic E-state index is 0.349. The second-order valence-electron chi connectivity index (χ2n) is 6.74. The summed E-state index contributed by atoms with van der Waals surface area (Å²) in [5.74, 6) is 1.88. The molecule has 0 radical (unpaired) electrons. The quantitative estimate of drug-likeness (QED) is 0.734. The Bertz CT molecular complexity index is 856. The summed E-state index contributed by atoms with van der Waals surface area (Å²) in [5.41, 5.74) is 3.70. The van der Waals surface area contributed by atoms with Crippen molar-refractivity contribution in [3.63, 3.8) is 0 Å². The van der Waals surface area contributed by atoms with Crippen LogP contribution in [0.5, 0.6) is 0 Å². The molecule has 0 spiro atoms. The smallest absolute Gasteiger partial charge is 0.163 e. The summed E-state index contributed by atoms with van der Waals surface area (Å²) in [7, 11) is 4.20. The van der Waals surface area contributed by atoms with Crippen LogP contribution in [0.3, 0.4) is 0 Å². The lowest BCUT2D eigenvalue weighted by atomic mass is 9.91. The van der Waals surface area contributed by atoms with Gasteiger partial charge in [0.25, 0.3) is 0 Å². The van der Waals surface area contributed by atoms with Gasteiger partial charge >= 0.3 is 0 Å². The normalized spacial score (nSPS) is 16.8. The lowest BCUT2D eigenvalue weighted by Crippen LogP contribution is -2.29. The number of benzene rings is 1. The zero-order valence-corrected chi connectivity index (χ0v) is 14.8. The Hall–Kier alpha value is -2.53. The maximum absolute atomic E-state index is 4.65. The molecular formula is C20H23N5. The number of hydrogen-bond donors (Lipinski definition) is 0. The maximum atomic E-state index is 4.65. The molecule has 1 atom stereocenters. The number of pyridine rings is 1. The molecule has 0 bridgehead atoms. The molecule has 1 aliphatic carbocycles. The van der Waals surface area contributed by atoms with Crippen molar-refractivity contribution in [2.75, 3.05) is 7.05 Å². The molecule has 1 aromatic carbocycles. The molecule has 2 heterocycles. The molecule has 4 rings (SSSR count). The second-order valence-corrected chi connectivity index (χ2v) is 6.74. The van der Waals surface area contributed by atoms with Crippen molar-refractivity contribution in [3.8, 4) is 11.4 Å². The molecule has 5 nitrogen and oxygen atoms in total. The van der Waals surface area contributed by atoms with Gasteiger partial charge in [-0.1, -0.05) is 36.4 Å². The van der Waals surface area contributed by atoms with Crippen LogP contribution in [0.2, 0.25) is 0 Å². The van der Waals surface area contributed by atoms with Crippen molar-refractivity contribution in [2.24, 2.45) is 7.05 Å². The van der Waals surface area contributed by atoms with Gasteiger partial charge in [-0.25, -0.2) is 0 Å². The van der Waals surface area contributed by atoms with Crippen molar-refractivity contribution < 1.29 is 0 Å². The van der Waals surface area contributed by atoms with E-state index >= 15 is 0 Å². The van der Waals surface area contributed by atoms with E-state index < -0.39 is 0 Å². The van der Waals surface area contributed by atoms with Crippen LogP contribution in [0.1, 0.15) is 36.0 Å². The largest absolute Gasteiger partial charge is 0.313 e. The Morgan fingerprint density at radius 1 is 1.12 bits per heavy atom. The maximum Gasteiger partial charge on any atom is 0.163 e. The summed E-state index contributed by atoms with van der Waals surface area (Å²) in [5, 5.41) is 8.83. The van der Waals surface area contributed by atoms with E-state index in [0.29, 0.717) is 6.04 Å². The van der Waals surface area contributed by atoms with Crippen LogP contribution in [0, 0.1) is 0 Å². The average molecular weight is 333 g/mol. The van der Waals surface area contributed by atoms with E-state index in [4.69, 9.17) is 0 Å². The Kier molecular flexibility index (Phi) is 4.32. The molecular weight excluding hydrogens is 310 g/mol. The highest BCUT2D eigenvalue weighted by atomic mass is 15.3. The number of rotatable bonds is 4. The van der Waals surface area contributed by atoms with Gasteiger partial charge in [0.1, 0.15) is 5.82 Å². The van der Waals surface area contributed by atoms with Gasteiger partial charge in [0, 0.05) is 18.8 Å². The molecule has 25 heavy (non-hydrogen) atoms. The van der Waals surface area contributed by atoms with Crippen LogP contribution in [-0.4, -0.2) is 31.7 Å². The molecule has 5 heteroatoms. The molecule has 1 aliphatic rings. The fraction of sp³-hybridized carbons (Fsp3) is 0.350. The molecule has 0 fully saturated rings. The van der Waals surface area contributed by atoms with Crippen LogP contribution in [0.25, 0.3) is 11.4 Å². The molecule has 3 aromatic rings. The molecule has 0 amide bonds. The first-order valence-electron chi connectivity index (χ1n) is 8.82. The fourth-order valence-corrected chi connectivity index (χ4v) is 3.69. The molecule has 2 aromatic heterocycles. The minimum Gasteiger partial charge on any atom is -0.313 e. The lowest BCUT2D eigenvalue weighted by Gasteiger charge is -2.31. The summed E-state index contributed by atoms with van der Waals surface area (Å²) in [6.07, 6.45) is 5.39. The summed E-state index contributed by atoms with van der Waals surface area (Å²) in [6.45, 7) is 0.761. The highest BCUT2D eigenvalue weighted by Crippen LogP contribution is 2.32. The van der Waals surface area contributed by atoms with E-state index in [1.165, 1.54) is 17.7 Å². The molecule has 128 valence electrons. The highest BCUT2D eigenvalue weighted by Gasteiger charge is 2.26. The van der Waals surface area contributed by atoms with Crippen LogP contribution in [0.4, 0.5) is 0 Å². The zero-order chi connectivity index (χ0) is 17.2. The first kappa shape index (κ1) is 16.0. The Balaban J connectivity index is 1.57. The summed E-state index contributed by atoms with van der Waals surface area (Å²) in [6, 6.07) is 14.8. The topological polar surface area (TPSA) is 46.8 Å². The predicted octanol–water partition coefficient (Wildman–Crippen LogP) is 3.39. The van der Waals surface area contributed by atoms with Crippen LogP contribution < -0.4 is 0 Å². The molecule has 0 saturated heterocycles. The third-order valence-corrected chi connectivity index (χ3v) is 5.09. The zero-order valence-electron chi connectivity index (χ0n) is 14.8. The van der Waals surface area contributed by atoms with E-state index in [2.05, 4.69) is 49.9 Å². The number of aromatic nitrogens is 4. The predicted molar refractivity (Wildman–Crippen MR) is 97.8 cm³/mol. The van der Waals surface area contributed by atoms with Gasteiger partial charge in [0.05, 0.1) is 18.3 Å². The number of hydrogen-bond acceptors (Lipinski definition) is 4. The van der Waals surface area contributed by atoms with Gasteiger partial charge in [-0.2, -0.15) is 0 Å². The number of aryl methyl sites for hydroxylation is 1. The summed E-state index contributed by atoms with van der Waals surface area (Å²) < 4.78 is 2.09. The van der Waals surface area contributed by atoms with Crippen molar-refractivity contribution >= 4 is 0 Å². The van der Waals surface area contributed by atoms with Crippen molar-refractivity contribution in [1.29, 1.82) is 0 Å². The Labute approximate surface area is 148 Å². The fourth-order valence-electron chi connectivity index (χ4n) is 3.69. The Morgan fingerprint density at radius 3 is 2.80 bits per heavy atom. The average Bonchev–Trinajstić information content (AvgIpc) is 3.02. The van der Waals surface area contributed by atoms with Crippen molar-refractivity contribution in [3.05, 3.63) is 65.7 Å². The van der Waals surface area contributed by atoms with Crippen molar-refractivity contribution in [2.45, 2.75) is 31.8 Å². The molecule has 0 N–H and O–H groups in total. The van der Waals surface area contributed by atoms with Gasteiger partial charge in [-0.05, 0) is 37.9 Å². The third kappa shape index (κ3) is 3.07. The lowest BCUT2D eigenvalue weighted by molar-refractivity contribution is 0.202. The molecule has 0 aliphatic heterocycles. The first-order valence-corrected chi connectivity index (χ1v) is 8.82.